The Bertz CT molecular complexity index is 149. The SMILES string of the molecule is CC1CCC2OCCCNC2C1. The molecule has 0 radical (unpaired) electrons. The number of fused-ring (bicyclic) bond motifs is 1. The molecule has 1 N–H and O–H groups in total. The topological polar surface area (TPSA) is 21.3 Å². The lowest BCUT2D eigenvalue weighted by Crippen LogP contribution is -2.43. The fraction of sp³-hybridized carbons (Fsp3) is 1.00. The van der Waals surface area contributed by atoms with Crippen LogP contribution in [0.25, 0.3) is 0 Å². The first-order valence-electron chi connectivity index (χ1n) is 5.21. The summed E-state index contributed by atoms with van der Waals surface area (Å²) in [6.07, 6.45) is 5.62. The Balaban J connectivity index is 1.94. The van der Waals surface area contributed by atoms with Crippen molar-refractivity contribution >= 4 is 0 Å². The molecule has 0 aromatic rings. The summed E-state index contributed by atoms with van der Waals surface area (Å²) in [6, 6.07) is 0.649. The lowest BCUT2D eigenvalue weighted by atomic mass is 9.85. The van der Waals surface area contributed by atoms with E-state index < -0.39 is 0 Å². The van der Waals surface area contributed by atoms with Crippen molar-refractivity contribution in [3.05, 3.63) is 0 Å². The highest BCUT2D eigenvalue weighted by Crippen LogP contribution is 2.27. The molecule has 2 fully saturated rings. The summed E-state index contributed by atoms with van der Waals surface area (Å²) < 4.78 is 5.79. The predicted octanol–water partition coefficient (Wildman–Crippen LogP) is 1.55. The summed E-state index contributed by atoms with van der Waals surface area (Å²) in [5.41, 5.74) is 0. The van der Waals surface area contributed by atoms with Crippen molar-refractivity contribution in [1.29, 1.82) is 0 Å². The van der Waals surface area contributed by atoms with Gasteiger partial charge >= 0.3 is 0 Å². The van der Waals surface area contributed by atoms with Gasteiger partial charge in [-0.1, -0.05) is 6.92 Å². The minimum absolute atomic E-state index is 0.517. The standard InChI is InChI=1S/C10H19NO/c1-8-3-4-10-9(7-8)11-5-2-6-12-10/h8-11H,2-7H2,1H3. The maximum atomic E-state index is 5.79. The predicted molar refractivity (Wildman–Crippen MR) is 49.2 cm³/mol. The van der Waals surface area contributed by atoms with E-state index in [1.165, 1.54) is 25.7 Å². The van der Waals surface area contributed by atoms with E-state index in [-0.39, 0.29) is 0 Å². The van der Waals surface area contributed by atoms with Crippen LogP contribution in [0.15, 0.2) is 0 Å². The Morgan fingerprint density at radius 2 is 2.25 bits per heavy atom. The maximum absolute atomic E-state index is 5.79. The molecule has 1 saturated carbocycles. The van der Waals surface area contributed by atoms with Gasteiger partial charge in [0, 0.05) is 12.6 Å². The number of nitrogens with one attached hydrogen (secondary N) is 1. The van der Waals surface area contributed by atoms with Crippen molar-refractivity contribution < 1.29 is 4.74 Å². The number of rotatable bonds is 0. The maximum Gasteiger partial charge on any atom is 0.0728 e. The molecule has 2 aliphatic rings. The van der Waals surface area contributed by atoms with Gasteiger partial charge in [-0.3, -0.25) is 0 Å². The van der Waals surface area contributed by atoms with Gasteiger partial charge in [0.1, 0.15) is 0 Å². The average molecular weight is 169 g/mol. The van der Waals surface area contributed by atoms with E-state index in [1.54, 1.807) is 0 Å². The van der Waals surface area contributed by atoms with Crippen molar-refractivity contribution in [2.75, 3.05) is 13.2 Å². The molecule has 1 heterocycles. The third-order valence-electron chi connectivity index (χ3n) is 3.11. The van der Waals surface area contributed by atoms with Gasteiger partial charge in [0.15, 0.2) is 0 Å². The zero-order chi connectivity index (χ0) is 8.39. The quantitative estimate of drug-likeness (QED) is 0.594. The van der Waals surface area contributed by atoms with Crippen molar-refractivity contribution in [1.82, 2.24) is 5.32 Å². The van der Waals surface area contributed by atoms with Gasteiger partial charge in [0.2, 0.25) is 0 Å². The molecule has 2 heteroatoms. The van der Waals surface area contributed by atoms with Crippen molar-refractivity contribution in [3.63, 3.8) is 0 Å². The first-order chi connectivity index (χ1) is 5.86. The van der Waals surface area contributed by atoms with Crippen molar-refractivity contribution in [2.45, 2.75) is 44.8 Å². The highest BCUT2D eigenvalue weighted by atomic mass is 16.5. The van der Waals surface area contributed by atoms with Crippen LogP contribution in [0.3, 0.4) is 0 Å². The van der Waals surface area contributed by atoms with Crippen LogP contribution in [0.1, 0.15) is 32.6 Å². The second-order valence-electron chi connectivity index (χ2n) is 4.24. The first kappa shape index (κ1) is 8.52. The van der Waals surface area contributed by atoms with Crippen LogP contribution in [0, 0.1) is 5.92 Å². The lowest BCUT2D eigenvalue weighted by Gasteiger charge is -2.33. The average Bonchev–Trinajstić information content (AvgIpc) is 2.28. The molecule has 3 atom stereocenters. The van der Waals surface area contributed by atoms with Crippen LogP contribution in [0.4, 0.5) is 0 Å². The Kier molecular flexibility index (Phi) is 2.66. The Hall–Kier alpha value is -0.0800. The van der Waals surface area contributed by atoms with Gasteiger partial charge in [-0.2, -0.15) is 0 Å². The van der Waals surface area contributed by atoms with E-state index >= 15 is 0 Å². The van der Waals surface area contributed by atoms with Gasteiger partial charge in [-0.25, -0.2) is 0 Å². The molecule has 1 aliphatic carbocycles. The molecule has 0 bridgehead atoms. The van der Waals surface area contributed by atoms with Crippen LogP contribution >= 0.6 is 0 Å². The summed E-state index contributed by atoms with van der Waals surface area (Å²) in [6.45, 7) is 4.46. The fourth-order valence-corrected chi connectivity index (χ4v) is 2.36. The zero-order valence-electron chi connectivity index (χ0n) is 7.88. The summed E-state index contributed by atoms with van der Waals surface area (Å²) in [5.74, 6) is 0.889. The largest absolute Gasteiger partial charge is 0.377 e. The van der Waals surface area contributed by atoms with E-state index in [0.29, 0.717) is 12.1 Å². The van der Waals surface area contributed by atoms with Gasteiger partial charge in [0.25, 0.3) is 0 Å². The minimum atomic E-state index is 0.517. The Morgan fingerprint density at radius 1 is 1.33 bits per heavy atom. The molecule has 3 unspecified atom stereocenters. The molecule has 12 heavy (non-hydrogen) atoms. The minimum Gasteiger partial charge on any atom is -0.377 e. The third-order valence-corrected chi connectivity index (χ3v) is 3.11. The van der Waals surface area contributed by atoms with Gasteiger partial charge < -0.3 is 10.1 Å². The summed E-state index contributed by atoms with van der Waals surface area (Å²) in [5, 5.41) is 3.59. The van der Waals surface area contributed by atoms with Crippen LogP contribution in [-0.4, -0.2) is 25.3 Å². The lowest BCUT2D eigenvalue weighted by molar-refractivity contribution is 0.0117. The second kappa shape index (κ2) is 3.75. The molecule has 2 nitrogen and oxygen atoms in total. The normalized spacial score (nSPS) is 43.2. The molecule has 0 amide bonds. The van der Waals surface area contributed by atoms with Crippen LogP contribution < -0.4 is 5.32 Å². The van der Waals surface area contributed by atoms with Crippen LogP contribution in [-0.2, 0) is 4.74 Å². The van der Waals surface area contributed by atoms with E-state index in [0.717, 1.165) is 19.1 Å². The molecular formula is C10H19NO. The smallest absolute Gasteiger partial charge is 0.0728 e. The second-order valence-corrected chi connectivity index (χ2v) is 4.24. The summed E-state index contributed by atoms with van der Waals surface area (Å²) in [4.78, 5) is 0. The van der Waals surface area contributed by atoms with E-state index in [9.17, 15) is 0 Å². The van der Waals surface area contributed by atoms with Gasteiger partial charge in [-0.15, -0.1) is 0 Å². The first-order valence-corrected chi connectivity index (χ1v) is 5.21. The molecule has 0 aromatic carbocycles. The third kappa shape index (κ3) is 1.80. The van der Waals surface area contributed by atoms with E-state index in [2.05, 4.69) is 12.2 Å². The highest BCUT2D eigenvalue weighted by molar-refractivity contribution is 4.85. The van der Waals surface area contributed by atoms with Gasteiger partial charge in [0.05, 0.1) is 6.10 Å². The molecule has 1 saturated heterocycles. The Morgan fingerprint density at radius 3 is 3.17 bits per heavy atom. The number of ether oxygens (including phenoxy) is 1. The molecule has 0 spiro atoms. The van der Waals surface area contributed by atoms with Crippen LogP contribution in [0.2, 0.25) is 0 Å². The van der Waals surface area contributed by atoms with E-state index in [1.807, 2.05) is 0 Å². The molecule has 1 aliphatic heterocycles. The Labute approximate surface area is 74.7 Å². The zero-order valence-corrected chi connectivity index (χ0v) is 7.88. The summed E-state index contributed by atoms with van der Waals surface area (Å²) in [7, 11) is 0. The highest BCUT2D eigenvalue weighted by Gasteiger charge is 2.29. The number of hydrogen-bond acceptors (Lipinski definition) is 2. The monoisotopic (exact) mass is 169 g/mol. The van der Waals surface area contributed by atoms with Crippen molar-refractivity contribution in [3.8, 4) is 0 Å². The van der Waals surface area contributed by atoms with Crippen molar-refractivity contribution in [2.24, 2.45) is 5.92 Å². The van der Waals surface area contributed by atoms with E-state index in [4.69, 9.17) is 4.74 Å². The molecule has 70 valence electrons. The van der Waals surface area contributed by atoms with Gasteiger partial charge in [-0.05, 0) is 38.1 Å². The molecule has 2 rings (SSSR count). The summed E-state index contributed by atoms with van der Waals surface area (Å²) >= 11 is 0. The number of hydrogen-bond donors (Lipinski definition) is 1. The van der Waals surface area contributed by atoms with Crippen LogP contribution in [0.5, 0.6) is 0 Å². The molecule has 0 aromatic heterocycles. The molecular weight excluding hydrogens is 150 g/mol. The fourth-order valence-electron chi connectivity index (χ4n) is 2.36.